The molecule has 2 aromatic carbocycles. The fourth-order valence-electron chi connectivity index (χ4n) is 3.38. The monoisotopic (exact) mass is 370 g/mol. The van der Waals surface area contributed by atoms with Gasteiger partial charge in [-0.25, -0.2) is 0 Å². The molecule has 1 N–H and O–H groups in total. The van der Waals surface area contributed by atoms with Gasteiger partial charge in [-0.1, -0.05) is 56.1 Å². The van der Waals surface area contributed by atoms with Crippen LogP contribution in [0.3, 0.4) is 0 Å². The lowest BCUT2D eigenvalue weighted by Crippen LogP contribution is -2.30. The van der Waals surface area contributed by atoms with Crippen molar-refractivity contribution < 1.29 is 4.79 Å². The Morgan fingerprint density at radius 2 is 1.92 bits per heavy atom. The van der Waals surface area contributed by atoms with Crippen molar-refractivity contribution in [3.05, 3.63) is 58.1 Å². The van der Waals surface area contributed by atoms with E-state index >= 15 is 0 Å². The molecule has 0 spiro atoms. The van der Waals surface area contributed by atoms with E-state index in [4.69, 9.17) is 11.6 Å². The molecule has 0 bridgehead atoms. The molecule has 1 heterocycles. The molecular weight excluding hydrogens is 344 g/mol. The first-order valence-corrected chi connectivity index (χ1v) is 9.52. The molecule has 1 aliphatic rings. The molecular formula is C22H27ClN2O. The number of aryl methyl sites for hydroxylation is 1. The van der Waals surface area contributed by atoms with Gasteiger partial charge in [0.15, 0.2) is 0 Å². The maximum Gasteiger partial charge on any atom is 0.224 e. The number of carbonyl (C=O) groups excluding carboxylic acids is 1. The van der Waals surface area contributed by atoms with Crippen LogP contribution in [-0.2, 0) is 17.8 Å². The summed E-state index contributed by atoms with van der Waals surface area (Å²) in [4.78, 5) is 14.5. The van der Waals surface area contributed by atoms with Gasteiger partial charge in [-0.3, -0.25) is 4.79 Å². The van der Waals surface area contributed by atoms with E-state index in [1.165, 1.54) is 16.7 Å². The Bertz CT molecular complexity index is 823. The van der Waals surface area contributed by atoms with Crippen molar-refractivity contribution in [3.8, 4) is 0 Å². The number of nitrogens with zero attached hydrogens (tertiary/aromatic N) is 1. The first-order valence-electron chi connectivity index (χ1n) is 9.14. The zero-order valence-electron chi connectivity index (χ0n) is 16.0. The van der Waals surface area contributed by atoms with E-state index < -0.39 is 0 Å². The fraction of sp³-hybridized carbons (Fsp3) is 0.409. The molecule has 3 nitrogen and oxygen atoms in total. The van der Waals surface area contributed by atoms with Gasteiger partial charge in [-0.05, 0) is 48.1 Å². The number of nitrogens with one attached hydrogen (secondary N) is 1. The molecule has 0 aromatic heterocycles. The Morgan fingerprint density at radius 1 is 1.15 bits per heavy atom. The highest BCUT2D eigenvalue weighted by Crippen LogP contribution is 2.31. The molecule has 0 fully saturated rings. The lowest BCUT2D eigenvalue weighted by atomic mass is 9.92. The number of fused-ring (bicyclic) bond motifs is 1. The lowest BCUT2D eigenvalue weighted by Gasteiger charge is -2.31. The zero-order chi connectivity index (χ0) is 18.9. The van der Waals surface area contributed by atoms with Crippen LogP contribution in [0.25, 0.3) is 0 Å². The summed E-state index contributed by atoms with van der Waals surface area (Å²) >= 11 is 6.44. The standard InChI is InChI=1S/C22H27ClN2O/c1-15-5-6-17-14-25(10-9-16(17)11-15)18-7-8-20(19(23)12-18)24-21(26)13-22(2,3)4/h5-8,11-12H,9-10,13-14H2,1-4H3,(H,24,26). The summed E-state index contributed by atoms with van der Waals surface area (Å²) in [5, 5.41) is 3.51. The van der Waals surface area contributed by atoms with E-state index in [0.717, 1.165) is 25.2 Å². The Labute approximate surface area is 161 Å². The second kappa shape index (κ2) is 7.32. The van der Waals surface area contributed by atoms with Gasteiger partial charge in [0.05, 0.1) is 10.7 Å². The van der Waals surface area contributed by atoms with Crippen LogP contribution in [0.4, 0.5) is 11.4 Å². The van der Waals surface area contributed by atoms with Crippen LogP contribution < -0.4 is 10.2 Å². The van der Waals surface area contributed by atoms with Crippen LogP contribution in [0.5, 0.6) is 0 Å². The third-order valence-corrected chi connectivity index (χ3v) is 4.97. The first-order chi connectivity index (χ1) is 12.2. The molecule has 2 aromatic rings. The number of amides is 1. The number of halogens is 1. The topological polar surface area (TPSA) is 32.3 Å². The molecule has 0 atom stereocenters. The number of anilines is 2. The Hall–Kier alpha value is -2.00. The summed E-state index contributed by atoms with van der Waals surface area (Å²) in [6, 6.07) is 12.6. The smallest absolute Gasteiger partial charge is 0.224 e. The fourth-order valence-corrected chi connectivity index (χ4v) is 3.60. The van der Waals surface area contributed by atoms with E-state index in [1.54, 1.807) is 0 Å². The Kier molecular flexibility index (Phi) is 5.29. The molecule has 0 saturated carbocycles. The molecule has 0 radical (unpaired) electrons. The highest BCUT2D eigenvalue weighted by atomic mass is 35.5. The molecule has 3 rings (SSSR count). The van der Waals surface area contributed by atoms with E-state index in [0.29, 0.717) is 17.1 Å². The van der Waals surface area contributed by atoms with Crippen LogP contribution in [0.1, 0.15) is 43.9 Å². The van der Waals surface area contributed by atoms with Gasteiger partial charge in [0.1, 0.15) is 0 Å². The first kappa shape index (κ1) is 18.8. The van der Waals surface area contributed by atoms with Crippen LogP contribution in [0.15, 0.2) is 36.4 Å². The van der Waals surface area contributed by atoms with Crippen LogP contribution in [-0.4, -0.2) is 12.5 Å². The summed E-state index contributed by atoms with van der Waals surface area (Å²) in [5.74, 6) is -0.00517. The average Bonchev–Trinajstić information content (AvgIpc) is 2.54. The Morgan fingerprint density at radius 3 is 2.62 bits per heavy atom. The maximum absolute atomic E-state index is 12.2. The van der Waals surface area contributed by atoms with E-state index in [9.17, 15) is 4.79 Å². The molecule has 0 saturated heterocycles. The second-order valence-corrected chi connectivity index (χ2v) is 8.80. The van der Waals surface area contributed by atoms with Crippen LogP contribution >= 0.6 is 11.6 Å². The maximum atomic E-state index is 12.2. The second-order valence-electron chi connectivity index (χ2n) is 8.39. The molecule has 0 aliphatic carbocycles. The van der Waals surface area contributed by atoms with Crippen molar-refractivity contribution in [2.75, 3.05) is 16.8 Å². The summed E-state index contributed by atoms with van der Waals surface area (Å²) in [6.07, 6.45) is 1.51. The molecule has 138 valence electrons. The number of hydrogen-bond donors (Lipinski definition) is 1. The molecule has 1 aliphatic heterocycles. The number of benzene rings is 2. The number of rotatable bonds is 3. The average molecular weight is 371 g/mol. The lowest BCUT2D eigenvalue weighted by molar-refractivity contribution is -0.117. The van der Waals surface area contributed by atoms with Gasteiger partial charge in [-0.15, -0.1) is 0 Å². The van der Waals surface area contributed by atoms with Crippen molar-refractivity contribution in [3.63, 3.8) is 0 Å². The van der Waals surface area contributed by atoms with Crippen LogP contribution in [0, 0.1) is 12.3 Å². The van der Waals surface area contributed by atoms with Crippen molar-refractivity contribution in [2.45, 2.75) is 47.1 Å². The quantitative estimate of drug-likeness (QED) is 0.764. The third-order valence-electron chi connectivity index (χ3n) is 4.66. The van der Waals surface area contributed by atoms with Crippen LogP contribution in [0.2, 0.25) is 5.02 Å². The summed E-state index contributed by atoms with van der Waals surface area (Å²) in [5.41, 5.74) is 5.86. The minimum Gasteiger partial charge on any atom is -0.367 e. The minimum absolute atomic E-state index is 0.00517. The van der Waals surface area contributed by atoms with Gasteiger partial charge >= 0.3 is 0 Å². The summed E-state index contributed by atoms with van der Waals surface area (Å²) < 4.78 is 0. The molecule has 1 amide bonds. The zero-order valence-corrected chi connectivity index (χ0v) is 16.8. The SMILES string of the molecule is Cc1ccc2c(c1)CCN(c1ccc(NC(=O)CC(C)(C)C)c(Cl)c1)C2. The van der Waals surface area contributed by atoms with Crippen molar-refractivity contribution in [1.82, 2.24) is 0 Å². The minimum atomic E-state index is -0.0456. The Balaban J connectivity index is 1.72. The van der Waals surface area contributed by atoms with E-state index in [2.05, 4.69) is 35.3 Å². The predicted octanol–water partition coefficient (Wildman–Crippen LogP) is 5.59. The highest BCUT2D eigenvalue weighted by molar-refractivity contribution is 6.34. The van der Waals surface area contributed by atoms with Gasteiger partial charge in [0, 0.05) is 25.2 Å². The third kappa shape index (κ3) is 4.59. The van der Waals surface area contributed by atoms with Gasteiger partial charge in [-0.2, -0.15) is 0 Å². The normalized spacial score (nSPS) is 14.1. The highest BCUT2D eigenvalue weighted by Gasteiger charge is 2.19. The molecule has 26 heavy (non-hydrogen) atoms. The largest absolute Gasteiger partial charge is 0.367 e. The van der Waals surface area contributed by atoms with Gasteiger partial charge in [0.2, 0.25) is 5.91 Å². The number of hydrogen-bond acceptors (Lipinski definition) is 2. The van der Waals surface area contributed by atoms with E-state index in [1.807, 2.05) is 39.0 Å². The number of carbonyl (C=O) groups is 1. The molecule has 0 unspecified atom stereocenters. The van der Waals surface area contributed by atoms with Gasteiger partial charge in [0.25, 0.3) is 0 Å². The molecule has 4 heteroatoms. The van der Waals surface area contributed by atoms with E-state index in [-0.39, 0.29) is 11.3 Å². The van der Waals surface area contributed by atoms with Crippen molar-refractivity contribution in [1.29, 1.82) is 0 Å². The van der Waals surface area contributed by atoms with Crippen molar-refractivity contribution in [2.24, 2.45) is 5.41 Å². The summed E-state index contributed by atoms with van der Waals surface area (Å²) in [7, 11) is 0. The predicted molar refractivity (Wildman–Crippen MR) is 110 cm³/mol. The van der Waals surface area contributed by atoms with Crippen molar-refractivity contribution >= 4 is 28.9 Å². The summed E-state index contributed by atoms with van der Waals surface area (Å²) in [6.45, 7) is 10.1. The van der Waals surface area contributed by atoms with Gasteiger partial charge < -0.3 is 10.2 Å².